The zero-order valence-electron chi connectivity index (χ0n) is 11.2. The van der Waals surface area contributed by atoms with E-state index in [2.05, 4.69) is 37.4 Å². The third-order valence-electron chi connectivity index (χ3n) is 3.66. The molecule has 1 N–H and O–H groups in total. The monoisotopic (exact) mass is 253 g/mol. The van der Waals surface area contributed by atoms with Gasteiger partial charge in [-0.1, -0.05) is 6.92 Å². The van der Waals surface area contributed by atoms with Crippen molar-refractivity contribution in [2.75, 3.05) is 7.05 Å². The number of hydrogen-bond acceptors (Lipinski definition) is 3. The summed E-state index contributed by atoms with van der Waals surface area (Å²) in [6.45, 7) is 4.43. The van der Waals surface area contributed by atoms with Crippen LogP contribution in [0.4, 0.5) is 0 Å². The van der Waals surface area contributed by atoms with Gasteiger partial charge in [0.25, 0.3) is 0 Å². The van der Waals surface area contributed by atoms with Gasteiger partial charge in [-0.05, 0) is 45.2 Å². The second-order valence-corrected chi connectivity index (χ2v) is 6.48. The van der Waals surface area contributed by atoms with Crippen LogP contribution in [0.1, 0.15) is 31.9 Å². The lowest BCUT2D eigenvalue weighted by molar-refractivity contribution is 0.328. The highest BCUT2D eigenvalue weighted by atomic mass is 32.2. The van der Waals surface area contributed by atoms with Gasteiger partial charge in [0.2, 0.25) is 0 Å². The Balaban J connectivity index is 2.07. The lowest BCUT2D eigenvalue weighted by Crippen LogP contribution is -2.40. The summed E-state index contributed by atoms with van der Waals surface area (Å²) in [6, 6.07) is 2.84. The van der Waals surface area contributed by atoms with Crippen LogP contribution in [0.25, 0.3) is 0 Å². The fourth-order valence-corrected chi connectivity index (χ4v) is 4.24. The fraction of sp³-hybridized carbons (Fsp3) is 0.769. The van der Waals surface area contributed by atoms with Crippen LogP contribution < -0.4 is 5.32 Å². The largest absolute Gasteiger partial charge is 0.316 e. The van der Waals surface area contributed by atoms with Crippen molar-refractivity contribution in [2.24, 2.45) is 13.0 Å². The van der Waals surface area contributed by atoms with Crippen molar-refractivity contribution in [3.63, 3.8) is 0 Å². The predicted molar refractivity (Wildman–Crippen MR) is 73.5 cm³/mol. The molecule has 0 saturated heterocycles. The van der Waals surface area contributed by atoms with Crippen LogP contribution in [0.15, 0.2) is 11.1 Å². The summed E-state index contributed by atoms with van der Waals surface area (Å²) in [4.78, 5) is 0. The minimum Gasteiger partial charge on any atom is -0.316 e. The van der Waals surface area contributed by atoms with E-state index >= 15 is 0 Å². The molecule has 4 heteroatoms. The molecule has 1 aliphatic carbocycles. The van der Waals surface area contributed by atoms with Crippen molar-refractivity contribution in [1.29, 1.82) is 0 Å². The fourth-order valence-electron chi connectivity index (χ4n) is 2.64. The number of nitrogens with one attached hydrogen (secondary N) is 1. The van der Waals surface area contributed by atoms with Crippen LogP contribution in [0.5, 0.6) is 0 Å². The van der Waals surface area contributed by atoms with Gasteiger partial charge in [-0.25, -0.2) is 0 Å². The summed E-state index contributed by atoms with van der Waals surface area (Å²) in [5, 5.41) is 9.87. The number of aromatic nitrogens is 2. The van der Waals surface area contributed by atoms with Crippen LogP contribution in [0.3, 0.4) is 0 Å². The van der Waals surface area contributed by atoms with E-state index in [-0.39, 0.29) is 0 Å². The molecule has 1 aliphatic rings. The van der Waals surface area contributed by atoms with E-state index in [1.165, 1.54) is 24.3 Å². The maximum absolute atomic E-state index is 4.42. The van der Waals surface area contributed by atoms with E-state index in [9.17, 15) is 0 Å². The second-order valence-electron chi connectivity index (χ2n) is 5.22. The second kappa shape index (κ2) is 5.44. The van der Waals surface area contributed by atoms with Crippen molar-refractivity contribution >= 4 is 11.8 Å². The Morgan fingerprint density at radius 2 is 2.24 bits per heavy atom. The summed E-state index contributed by atoms with van der Waals surface area (Å²) < 4.78 is 2.01. The smallest absolute Gasteiger partial charge is 0.0942 e. The zero-order valence-corrected chi connectivity index (χ0v) is 12.0. The number of aryl methyl sites for hydroxylation is 2. The van der Waals surface area contributed by atoms with E-state index in [1.807, 2.05) is 23.5 Å². The number of nitrogens with zero attached hydrogens (tertiary/aromatic N) is 2. The Hall–Kier alpha value is -0.480. The molecule has 1 aromatic heterocycles. The van der Waals surface area contributed by atoms with Gasteiger partial charge in [0.1, 0.15) is 0 Å². The quantitative estimate of drug-likeness (QED) is 0.898. The van der Waals surface area contributed by atoms with Crippen LogP contribution in [-0.4, -0.2) is 28.1 Å². The molecule has 0 radical (unpaired) electrons. The zero-order chi connectivity index (χ0) is 12.4. The molecular weight excluding hydrogens is 230 g/mol. The molecule has 3 nitrogen and oxygen atoms in total. The van der Waals surface area contributed by atoms with Gasteiger partial charge in [0, 0.05) is 18.3 Å². The summed E-state index contributed by atoms with van der Waals surface area (Å²) >= 11 is 1.99. The Morgan fingerprint density at radius 3 is 2.82 bits per heavy atom. The lowest BCUT2D eigenvalue weighted by atomic mass is 9.87. The van der Waals surface area contributed by atoms with Crippen molar-refractivity contribution in [3.05, 3.63) is 11.8 Å². The molecule has 0 spiro atoms. The standard InChI is InChI=1S/C13H23N3S/c1-9-5-6-11(14-3)12(7-9)17-13-8-10(2)15-16(13)4/h8-9,11-12,14H,5-7H2,1-4H3. The Labute approximate surface area is 108 Å². The molecule has 0 aromatic carbocycles. The van der Waals surface area contributed by atoms with Crippen LogP contribution >= 0.6 is 11.8 Å². The van der Waals surface area contributed by atoms with E-state index < -0.39 is 0 Å². The third-order valence-corrected chi connectivity index (χ3v) is 5.10. The summed E-state index contributed by atoms with van der Waals surface area (Å²) in [7, 11) is 4.12. The average molecular weight is 253 g/mol. The van der Waals surface area contributed by atoms with Gasteiger partial charge in [0.15, 0.2) is 0 Å². The van der Waals surface area contributed by atoms with Gasteiger partial charge >= 0.3 is 0 Å². The molecule has 2 rings (SSSR count). The molecule has 0 aliphatic heterocycles. The van der Waals surface area contributed by atoms with Gasteiger partial charge in [-0.15, -0.1) is 11.8 Å². The highest BCUT2D eigenvalue weighted by Gasteiger charge is 2.29. The first kappa shape index (κ1) is 13.0. The number of hydrogen-bond donors (Lipinski definition) is 1. The maximum Gasteiger partial charge on any atom is 0.0942 e. The normalized spacial score (nSPS) is 29.5. The lowest BCUT2D eigenvalue weighted by Gasteiger charge is -2.34. The van der Waals surface area contributed by atoms with E-state index in [0.717, 1.165) is 11.6 Å². The van der Waals surface area contributed by atoms with Gasteiger partial charge in [-0.2, -0.15) is 5.10 Å². The summed E-state index contributed by atoms with van der Waals surface area (Å²) in [6.07, 6.45) is 3.96. The molecule has 1 saturated carbocycles. The highest BCUT2D eigenvalue weighted by molar-refractivity contribution is 7.99. The van der Waals surface area contributed by atoms with Crippen LogP contribution in [0.2, 0.25) is 0 Å². The van der Waals surface area contributed by atoms with E-state index in [4.69, 9.17) is 0 Å². The Morgan fingerprint density at radius 1 is 1.47 bits per heavy atom. The summed E-state index contributed by atoms with van der Waals surface area (Å²) in [5.41, 5.74) is 1.11. The SMILES string of the molecule is CNC1CCC(C)CC1Sc1cc(C)nn1C. The van der Waals surface area contributed by atoms with E-state index in [1.54, 1.807) is 0 Å². The minimum absolute atomic E-state index is 0.645. The van der Waals surface area contributed by atoms with Crippen molar-refractivity contribution < 1.29 is 0 Å². The molecule has 0 amide bonds. The molecule has 1 heterocycles. The van der Waals surface area contributed by atoms with E-state index in [0.29, 0.717) is 11.3 Å². The molecule has 1 fully saturated rings. The molecule has 0 bridgehead atoms. The van der Waals surface area contributed by atoms with Crippen molar-refractivity contribution in [2.45, 2.75) is 49.4 Å². The number of rotatable bonds is 3. The van der Waals surface area contributed by atoms with Gasteiger partial charge < -0.3 is 5.32 Å². The molecule has 3 unspecified atom stereocenters. The first-order chi connectivity index (χ1) is 8.10. The molecule has 96 valence electrons. The van der Waals surface area contributed by atoms with Gasteiger partial charge in [0.05, 0.1) is 10.7 Å². The predicted octanol–water partition coefficient (Wildman–Crippen LogP) is 2.60. The first-order valence-corrected chi connectivity index (χ1v) is 7.32. The van der Waals surface area contributed by atoms with Crippen LogP contribution in [-0.2, 0) is 7.05 Å². The average Bonchev–Trinajstić information content (AvgIpc) is 2.58. The van der Waals surface area contributed by atoms with Crippen molar-refractivity contribution in [1.82, 2.24) is 15.1 Å². The van der Waals surface area contributed by atoms with Gasteiger partial charge in [-0.3, -0.25) is 4.68 Å². The minimum atomic E-state index is 0.645. The molecule has 3 atom stereocenters. The Bertz CT molecular complexity index is 375. The molecule has 17 heavy (non-hydrogen) atoms. The highest BCUT2D eigenvalue weighted by Crippen LogP contribution is 2.36. The number of thioether (sulfide) groups is 1. The third kappa shape index (κ3) is 3.05. The van der Waals surface area contributed by atoms with Crippen LogP contribution in [0, 0.1) is 12.8 Å². The first-order valence-electron chi connectivity index (χ1n) is 6.44. The summed E-state index contributed by atoms with van der Waals surface area (Å²) in [5.74, 6) is 0.853. The van der Waals surface area contributed by atoms with Crippen molar-refractivity contribution in [3.8, 4) is 0 Å². The topological polar surface area (TPSA) is 29.9 Å². The maximum atomic E-state index is 4.42. The Kier molecular flexibility index (Phi) is 4.15. The molecule has 1 aromatic rings. The molecular formula is C13H23N3S.